The summed E-state index contributed by atoms with van der Waals surface area (Å²) in [4.78, 5) is 29.2. The quantitative estimate of drug-likeness (QED) is 0.615. The number of amides is 2. The van der Waals surface area contributed by atoms with Gasteiger partial charge in [-0.15, -0.1) is 0 Å². The van der Waals surface area contributed by atoms with Crippen molar-refractivity contribution in [1.29, 1.82) is 0 Å². The van der Waals surface area contributed by atoms with Gasteiger partial charge in [-0.1, -0.05) is 17.7 Å². The topological polar surface area (TPSA) is 75.5 Å². The van der Waals surface area contributed by atoms with Crippen LogP contribution in [-0.2, 0) is 4.79 Å². The van der Waals surface area contributed by atoms with Crippen LogP contribution in [-0.4, -0.2) is 27.7 Å². The van der Waals surface area contributed by atoms with E-state index in [0.29, 0.717) is 35.8 Å². The molecule has 1 aromatic carbocycles. The summed E-state index contributed by atoms with van der Waals surface area (Å²) < 4.78 is 1.80. The van der Waals surface area contributed by atoms with Gasteiger partial charge in [-0.05, 0) is 62.6 Å². The third-order valence-electron chi connectivity index (χ3n) is 4.56. The number of aryl methyl sites for hydroxylation is 3. The SMILES string of the molecule is Cc1cc(Cl)ccc1NC(=O)CCCNC(=O)c1c(C)nc2c(C)cccn12. The van der Waals surface area contributed by atoms with Crippen molar-refractivity contribution in [2.24, 2.45) is 0 Å². The fourth-order valence-corrected chi connectivity index (χ4v) is 3.33. The minimum absolute atomic E-state index is 0.0960. The summed E-state index contributed by atoms with van der Waals surface area (Å²) in [6.07, 6.45) is 2.69. The van der Waals surface area contributed by atoms with Crippen molar-refractivity contribution in [2.45, 2.75) is 33.6 Å². The van der Waals surface area contributed by atoms with Gasteiger partial charge in [0.2, 0.25) is 5.91 Å². The van der Waals surface area contributed by atoms with Crippen LogP contribution >= 0.6 is 11.6 Å². The molecule has 28 heavy (non-hydrogen) atoms. The van der Waals surface area contributed by atoms with Gasteiger partial charge in [0.25, 0.3) is 5.91 Å². The molecule has 0 radical (unpaired) electrons. The Morgan fingerprint density at radius 2 is 1.93 bits per heavy atom. The molecule has 0 fully saturated rings. The van der Waals surface area contributed by atoms with Crippen molar-refractivity contribution < 1.29 is 9.59 Å². The Labute approximate surface area is 168 Å². The van der Waals surface area contributed by atoms with Gasteiger partial charge in [-0.3, -0.25) is 14.0 Å². The van der Waals surface area contributed by atoms with Gasteiger partial charge in [0.05, 0.1) is 5.69 Å². The molecule has 2 aromatic heterocycles. The first-order chi connectivity index (χ1) is 13.4. The van der Waals surface area contributed by atoms with E-state index < -0.39 is 0 Å². The van der Waals surface area contributed by atoms with Gasteiger partial charge in [0.1, 0.15) is 11.3 Å². The highest BCUT2D eigenvalue weighted by Gasteiger charge is 2.17. The molecule has 0 unspecified atom stereocenters. The molecule has 0 aliphatic carbocycles. The first kappa shape index (κ1) is 19.9. The fraction of sp³-hybridized carbons (Fsp3) is 0.286. The van der Waals surface area contributed by atoms with Gasteiger partial charge in [0.15, 0.2) is 0 Å². The van der Waals surface area contributed by atoms with Crippen LogP contribution in [0.3, 0.4) is 0 Å². The second-order valence-corrected chi connectivity index (χ2v) is 7.23. The van der Waals surface area contributed by atoms with Crippen LogP contribution in [0.5, 0.6) is 0 Å². The second kappa shape index (κ2) is 8.44. The standard InChI is InChI=1S/C21H23ClN4O2/c1-13-6-5-11-26-19(15(3)24-20(13)26)21(28)23-10-4-7-18(27)25-17-9-8-16(22)12-14(17)2/h5-6,8-9,11-12H,4,7,10H2,1-3H3,(H,23,28)(H,25,27). The molecule has 6 nitrogen and oxygen atoms in total. The fourth-order valence-electron chi connectivity index (χ4n) is 3.11. The number of nitrogens with zero attached hydrogens (tertiary/aromatic N) is 2. The number of hydrogen-bond donors (Lipinski definition) is 2. The molecule has 0 saturated carbocycles. The Morgan fingerprint density at radius 3 is 2.68 bits per heavy atom. The first-order valence-corrected chi connectivity index (χ1v) is 9.53. The van der Waals surface area contributed by atoms with Gasteiger partial charge < -0.3 is 10.6 Å². The molecule has 7 heteroatoms. The van der Waals surface area contributed by atoms with Crippen molar-refractivity contribution in [3.05, 3.63) is 64.1 Å². The Hall–Kier alpha value is -2.86. The van der Waals surface area contributed by atoms with E-state index in [0.717, 1.165) is 22.5 Å². The summed E-state index contributed by atoms with van der Waals surface area (Å²) in [5.74, 6) is -0.286. The summed E-state index contributed by atoms with van der Waals surface area (Å²) in [5, 5.41) is 6.38. The van der Waals surface area contributed by atoms with E-state index in [1.54, 1.807) is 22.6 Å². The summed E-state index contributed by atoms with van der Waals surface area (Å²) in [5.41, 5.74) is 4.66. The van der Waals surface area contributed by atoms with Gasteiger partial charge in [-0.25, -0.2) is 4.98 Å². The van der Waals surface area contributed by atoms with Crippen molar-refractivity contribution in [3.8, 4) is 0 Å². The number of hydrogen-bond acceptors (Lipinski definition) is 3. The molecular formula is C21H23ClN4O2. The molecule has 2 amide bonds. The van der Waals surface area contributed by atoms with E-state index in [2.05, 4.69) is 15.6 Å². The first-order valence-electron chi connectivity index (χ1n) is 9.15. The van der Waals surface area contributed by atoms with Crippen molar-refractivity contribution in [3.63, 3.8) is 0 Å². The summed E-state index contributed by atoms with van der Waals surface area (Å²) in [6.45, 7) is 6.08. The average molecular weight is 399 g/mol. The highest BCUT2D eigenvalue weighted by molar-refractivity contribution is 6.30. The third-order valence-corrected chi connectivity index (χ3v) is 4.80. The number of carbonyl (C=O) groups excluding carboxylic acids is 2. The molecule has 0 aliphatic heterocycles. The van der Waals surface area contributed by atoms with Crippen LogP contribution in [0.25, 0.3) is 5.65 Å². The summed E-state index contributed by atoms with van der Waals surface area (Å²) in [7, 11) is 0. The van der Waals surface area contributed by atoms with Crippen LogP contribution in [0.2, 0.25) is 5.02 Å². The van der Waals surface area contributed by atoms with E-state index in [9.17, 15) is 9.59 Å². The number of carbonyl (C=O) groups is 2. The lowest BCUT2D eigenvalue weighted by atomic mass is 10.2. The Balaban J connectivity index is 1.53. The number of anilines is 1. The molecule has 3 aromatic rings. The van der Waals surface area contributed by atoms with Gasteiger partial charge in [-0.2, -0.15) is 0 Å². The number of benzene rings is 1. The normalized spacial score (nSPS) is 10.9. The molecule has 2 heterocycles. The molecular weight excluding hydrogens is 376 g/mol. The van der Waals surface area contributed by atoms with Crippen molar-refractivity contribution >= 4 is 34.7 Å². The maximum Gasteiger partial charge on any atom is 0.270 e. The molecule has 0 spiro atoms. The molecule has 0 bridgehead atoms. The lowest BCUT2D eigenvalue weighted by molar-refractivity contribution is -0.116. The van der Waals surface area contributed by atoms with E-state index in [-0.39, 0.29) is 11.8 Å². The molecule has 3 rings (SSSR count). The van der Waals surface area contributed by atoms with Crippen molar-refractivity contribution in [1.82, 2.24) is 14.7 Å². The monoisotopic (exact) mass is 398 g/mol. The Bertz CT molecular complexity index is 1040. The zero-order chi connectivity index (χ0) is 20.3. The zero-order valence-corrected chi connectivity index (χ0v) is 16.9. The molecule has 0 saturated heterocycles. The molecule has 146 valence electrons. The maximum atomic E-state index is 12.6. The van der Waals surface area contributed by atoms with Gasteiger partial charge >= 0.3 is 0 Å². The maximum absolute atomic E-state index is 12.6. The number of nitrogens with one attached hydrogen (secondary N) is 2. The minimum atomic E-state index is -0.190. The van der Waals surface area contributed by atoms with Crippen molar-refractivity contribution in [2.75, 3.05) is 11.9 Å². The number of pyridine rings is 1. The Morgan fingerprint density at radius 1 is 1.14 bits per heavy atom. The highest BCUT2D eigenvalue weighted by Crippen LogP contribution is 2.20. The van der Waals surface area contributed by atoms with Gasteiger partial charge in [0, 0.05) is 29.9 Å². The second-order valence-electron chi connectivity index (χ2n) is 6.80. The van der Waals surface area contributed by atoms with E-state index in [1.165, 1.54) is 0 Å². The third kappa shape index (κ3) is 4.34. The summed E-state index contributed by atoms with van der Waals surface area (Å²) in [6, 6.07) is 9.18. The minimum Gasteiger partial charge on any atom is -0.351 e. The smallest absolute Gasteiger partial charge is 0.270 e. The number of imidazole rings is 1. The van der Waals surface area contributed by atoms with E-state index in [1.807, 2.05) is 39.1 Å². The van der Waals surface area contributed by atoms with Crippen LogP contribution in [0.1, 0.15) is 40.2 Å². The molecule has 2 N–H and O–H groups in total. The molecule has 0 aliphatic rings. The number of aromatic nitrogens is 2. The largest absolute Gasteiger partial charge is 0.351 e. The van der Waals surface area contributed by atoms with Crippen LogP contribution < -0.4 is 10.6 Å². The number of rotatable bonds is 6. The highest BCUT2D eigenvalue weighted by atomic mass is 35.5. The predicted octanol–water partition coefficient (Wildman–Crippen LogP) is 4.06. The average Bonchev–Trinajstić information content (AvgIpc) is 2.98. The van der Waals surface area contributed by atoms with Crippen LogP contribution in [0.15, 0.2) is 36.5 Å². The lowest BCUT2D eigenvalue weighted by Crippen LogP contribution is -2.27. The lowest BCUT2D eigenvalue weighted by Gasteiger charge is -2.09. The van der Waals surface area contributed by atoms with Crippen LogP contribution in [0, 0.1) is 20.8 Å². The number of fused-ring (bicyclic) bond motifs is 1. The summed E-state index contributed by atoms with van der Waals surface area (Å²) >= 11 is 5.92. The Kier molecular flexibility index (Phi) is 5.99. The zero-order valence-electron chi connectivity index (χ0n) is 16.2. The van der Waals surface area contributed by atoms with E-state index in [4.69, 9.17) is 11.6 Å². The van der Waals surface area contributed by atoms with E-state index >= 15 is 0 Å². The predicted molar refractivity (Wildman–Crippen MR) is 111 cm³/mol. The molecule has 0 atom stereocenters. The number of halogens is 1. The van der Waals surface area contributed by atoms with Crippen LogP contribution in [0.4, 0.5) is 5.69 Å².